The van der Waals surface area contributed by atoms with Crippen molar-refractivity contribution in [1.82, 2.24) is 4.90 Å². The van der Waals surface area contributed by atoms with E-state index in [0.29, 0.717) is 0 Å². The monoisotopic (exact) mass is 371 g/mol. The minimum absolute atomic E-state index is 0.00154. The molecule has 6 nitrogen and oxygen atoms in total. The van der Waals surface area contributed by atoms with Crippen LogP contribution >= 0.6 is 0 Å². The van der Waals surface area contributed by atoms with Crippen LogP contribution in [-0.2, 0) is 20.6 Å². The molecule has 0 radical (unpaired) electrons. The molecule has 0 spiro atoms. The van der Waals surface area contributed by atoms with Gasteiger partial charge in [0, 0.05) is 25.9 Å². The number of amides is 3. The van der Waals surface area contributed by atoms with Crippen molar-refractivity contribution in [2.45, 2.75) is 39.4 Å². The number of benzene rings is 1. The Bertz CT molecular complexity index is 732. The van der Waals surface area contributed by atoms with E-state index in [1.165, 1.54) is 6.92 Å². The average Bonchev–Trinajstić information content (AvgIpc) is 2.89. The van der Waals surface area contributed by atoms with E-state index in [0.717, 1.165) is 18.2 Å². The highest BCUT2D eigenvalue weighted by Crippen LogP contribution is 2.34. The number of anilines is 2. The molecule has 9 heteroatoms. The number of hydrogen-bond donors (Lipinski definition) is 2. The zero-order chi connectivity index (χ0) is 19.6. The molecule has 1 aliphatic heterocycles. The quantitative estimate of drug-likeness (QED) is 0.854. The van der Waals surface area contributed by atoms with Gasteiger partial charge in [0.15, 0.2) is 0 Å². The number of carbonyl (C=O) groups excluding carboxylic acids is 3. The zero-order valence-electron chi connectivity index (χ0n) is 14.6. The number of nitrogens with one attached hydrogen (secondary N) is 2. The number of halogens is 3. The molecule has 1 aromatic carbocycles. The van der Waals surface area contributed by atoms with Gasteiger partial charge in [-0.15, -0.1) is 0 Å². The van der Waals surface area contributed by atoms with Gasteiger partial charge in [0.1, 0.15) is 0 Å². The van der Waals surface area contributed by atoms with Crippen LogP contribution in [0.25, 0.3) is 0 Å². The van der Waals surface area contributed by atoms with Crippen molar-refractivity contribution in [2.24, 2.45) is 5.92 Å². The lowest BCUT2D eigenvalue weighted by molar-refractivity contribution is -0.137. The number of alkyl halides is 3. The number of nitrogens with zero attached hydrogens (tertiary/aromatic N) is 1. The van der Waals surface area contributed by atoms with Gasteiger partial charge in [-0.05, 0) is 32.0 Å². The fraction of sp³-hybridized carbons (Fsp3) is 0.471. The Morgan fingerprint density at radius 3 is 2.35 bits per heavy atom. The van der Waals surface area contributed by atoms with Gasteiger partial charge in [-0.25, -0.2) is 0 Å². The number of rotatable bonds is 4. The van der Waals surface area contributed by atoms with Gasteiger partial charge in [-0.1, -0.05) is 0 Å². The molecular weight excluding hydrogens is 351 g/mol. The van der Waals surface area contributed by atoms with Gasteiger partial charge in [-0.3, -0.25) is 14.4 Å². The molecule has 26 heavy (non-hydrogen) atoms. The van der Waals surface area contributed by atoms with Crippen molar-refractivity contribution in [3.63, 3.8) is 0 Å². The van der Waals surface area contributed by atoms with E-state index in [4.69, 9.17) is 0 Å². The summed E-state index contributed by atoms with van der Waals surface area (Å²) in [7, 11) is 0. The van der Waals surface area contributed by atoms with Gasteiger partial charge >= 0.3 is 6.18 Å². The average molecular weight is 371 g/mol. The van der Waals surface area contributed by atoms with E-state index in [9.17, 15) is 27.6 Å². The third kappa shape index (κ3) is 4.53. The fourth-order valence-corrected chi connectivity index (χ4v) is 2.76. The maximum absolute atomic E-state index is 12.9. The van der Waals surface area contributed by atoms with Crippen molar-refractivity contribution < 1.29 is 27.6 Å². The SMILES string of the molecule is CC(=O)Nc1ccc(C(F)(F)F)cc1NC(=O)C1CC(=O)N(C(C)C)C1. The molecule has 0 aromatic heterocycles. The normalized spacial score (nSPS) is 17.6. The molecule has 1 saturated heterocycles. The van der Waals surface area contributed by atoms with E-state index in [1.54, 1.807) is 4.90 Å². The fourth-order valence-electron chi connectivity index (χ4n) is 2.76. The summed E-state index contributed by atoms with van der Waals surface area (Å²) in [5.74, 6) is -1.88. The Balaban J connectivity index is 2.24. The van der Waals surface area contributed by atoms with Crippen molar-refractivity contribution >= 4 is 29.1 Å². The van der Waals surface area contributed by atoms with Crippen LogP contribution in [0, 0.1) is 5.92 Å². The third-order valence-corrected chi connectivity index (χ3v) is 4.07. The molecule has 2 N–H and O–H groups in total. The first-order valence-corrected chi connectivity index (χ1v) is 8.08. The van der Waals surface area contributed by atoms with Crippen LogP contribution in [0.5, 0.6) is 0 Å². The minimum atomic E-state index is -4.59. The first-order valence-electron chi connectivity index (χ1n) is 8.08. The Kier molecular flexibility index (Phi) is 5.58. The smallest absolute Gasteiger partial charge is 0.339 e. The van der Waals surface area contributed by atoms with Gasteiger partial charge in [0.25, 0.3) is 0 Å². The Hall–Kier alpha value is -2.58. The van der Waals surface area contributed by atoms with E-state index < -0.39 is 29.5 Å². The molecule has 0 saturated carbocycles. The van der Waals surface area contributed by atoms with Crippen molar-refractivity contribution in [3.05, 3.63) is 23.8 Å². The van der Waals surface area contributed by atoms with E-state index >= 15 is 0 Å². The minimum Gasteiger partial charge on any atom is -0.339 e. The molecule has 2 rings (SSSR count). The highest BCUT2D eigenvalue weighted by molar-refractivity contribution is 6.01. The Morgan fingerprint density at radius 2 is 1.85 bits per heavy atom. The molecule has 1 heterocycles. The lowest BCUT2D eigenvalue weighted by atomic mass is 10.1. The van der Waals surface area contributed by atoms with Gasteiger partial charge < -0.3 is 15.5 Å². The summed E-state index contributed by atoms with van der Waals surface area (Å²) in [6.07, 6.45) is -4.59. The lowest BCUT2D eigenvalue weighted by Crippen LogP contribution is -2.33. The van der Waals surface area contributed by atoms with Crippen LogP contribution in [0.15, 0.2) is 18.2 Å². The molecule has 1 aromatic rings. The highest BCUT2D eigenvalue weighted by atomic mass is 19.4. The first kappa shape index (κ1) is 19.7. The summed E-state index contributed by atoms with van der Waals surface area (Å²) in [5.41, 5.74) is -1.05. The Morgan fingerprint density at radius 1 is 1.19 bits per heavy atom. The van der Waals surface area contributed by atoms with E-state index in [2.05, 4.69) is 10.6 Å². The van der Waals surface area contributed by atoms with Crippen LogP contribution in [0.4, 0.5) is 24.5 Å². The molecule has 0 bridgehead atoms. The maximum atomic E-state index is 12.9. The van der Waals surface area contributed by atoms with Crippen LogP contribution in [0.2, 0.25) is 0 Å². The topological polar surface area (TPSA) is 78.5 Å². The van der Waals surface area contributed by atoms with Crippen LogP contribution in [0.1, 0.15) is 32.8 Å². The molecule has 1 unspecified atom stereocenters. The molecule has 1 atom stereocenters. The molecule has 1 aliphatic rings. The second kappa shape index (κ2) is 7.35. The zero-order valence-corrected chi connectivity index (χ0v) is 14.6. The lowest BCUT2D eigenvalue weighted by Gasteiger charge is -2.21. The molecule has 142 valence electrons. The summed E-state index contributed by atoms with van der Waals surface area (Å²) in [5, 5.41) is 4.80. The predicted molar refractivity (Wildman–Crippen MR) is 89.3 cm³/mol. The number of likely N-dealkylation sites (tertiary alicyclic amines) is 1. The number of carbonyl (C=O) groups is 3. The molecule has 3 amide bonds. The summed E-state index contributed by atoms with van der Waals surface area (Å²) >= 11 is 0. The maximum Gasteiger partial charge on any atom is 0.416 e. The summed E-state index contributed by atoms with van der Waals surface area (Å²) < 4.78 is 38.8. The van der Waals surface area contributed by atoms with Crippen LogP contribution < -0.4 is 10.6 Å². The Labute approximate surface area is 148 Å². The van der Waals surface area contributed by atoms with E-state index in [1.807, 2.05) is 13.8 Å². The second-order valence-electron chi connectivity index (χ2n) is 6.47. The predicted octanol–water partition coefficient (Wildman–Crippen LogP) is 2.86. The summed E-state index contributed by atoms with van der Waals surface area (Å²) in [4.78, 5) is 37.2. The third-order valence-electron chi connectivity index (χ3n) is 4.07. The second-order valence-corrected chi connectivity index (χ2v) is 6.47. The summed E-state index contributed by atoms with van der Waals surface area (Å²) in [6.45, 7) is 5.05. The van der Waals surface area contributed by atoms with Crippen molar-refractivity contribution in [3.8, 4) is 0 Å². The van der Waals surface area contributed by atoms with Crippen molar-refractivity contribution in [2.75, 3.05) is 17.2 Å². The molecular formula is C17H20F3N3O3. The molecule has 1 fully saturated rings. The van der Waals surface area contributed by atoms with Gasteiger partial charge in [-0.2, -0.15) is 13.2 Å². The van der Waals surface area contributed by atoms with Gasteiger partial charge in [0.05, 0.1) is 22.9 Å². The first-order chi connectivity index (χ1) is 12.0. The van der Waals surface area contributed by atoms with Crippen LogP contribution in [-0.4, -0.2) is 35.2 Å². The van der Waals surface area contributed by atoms with Crippen LogP contribution in [0.3, 0.4) is 0 Å². The van der Waals surface area contributed by atoms with Gasteiger partial charge in [0.2, 0.25) is 17.7 Å². The highest BCUT2D eigenvalue weighted by Gasteiger charge is 2.36. The largest absolute Gasteiger partial charge is 0.416 e. The standard InChI is InChI=1S/C17H20F3N3O3/c1-9(2)23-8-11(6-15(23)25)16(26)22-14-7-12(17(18,19)20)4-5-13(14)21-10(3)24/h4-5,7,9,11H,6,8H2,1-3H3,(H,21,24)(H,22,26). The number of hydrogen-bond acceptors (Lipinski definition) is 3. The van der Waals surface area contributed by atoms with E-state index in [-0.39, 0.29) is 36.3 Å². The molecule has 0 aliphatic carbocycles. The summed E-state index contributed by atoms with van der Waals surface area (Å²) in [6, 6.07) is 2.60. The van der Waals surface area contributed by atoms with Crippen molar-refractivity contribution in [1.29, 1.82) is 0 Å².